The van der Waals surface area contributed by atoms with Gasteiger partial charge in [0.2, 0.25) is 0 Å². The third-order valence-corrected chi connectivity index (χ3v) is 12.1. The molecule has 3 fully saturated rings. The highest BCUT2D eigenvalue weighted by Crippen LogP contribution is 2.69. The van der Waals surface area contributed by atoms with E-state index in [1.54, 1.807) is 0 Å². The number of hydrogen-bond donors (Lipinski definition) is 2. The van der Waals surface area contributed by atoms with Crippen LogP contribution >= 0.6 is 0 Å². The van der Waals surface area contributed by atoms with E-state index in [1.165, 1.54) is 26.3 Å². The van der Waals surface area contributed by atoms with Gasteiger partial charge in [0.05, 0.1) is 11.7 Å². The summed E-state index contributed by atoms with van der Waals surface area (Å²) in [5.74, 6) is -1.25. The van der Waals surface area contributed by atoms with Crippen LogP contribution in [0.5, 0.6) is 0 Å². The molecule has 8 heteroatoms. The van der Waals surface area contributed by atoms with Crippen LogP contribution in [0.1, 0.15) is 107 Å². The number of aliphatic hydroxyl groups is 2. The number of carbonyl (C=O) groups is 3. The molecule has 4 rings (SSSR count). The number of rotatable bonds is 8. The van der Waals surface area contributed by atoms with Gasteiger partial charge >= 0.3 is 17.9 Å². The van der Waals surface area contributed by atoms with Crippen molar-refractivity contribution < 1.29 is 38.8 Å². The average molecular weight is 603 g/mol. The molecule has 0 saturated heterocycles. The summed E-state index contributed by atoms with van der Waals surface area (Å²) in [7, 11) is 0. The van der Waals surface area contributed by atoms with E-state index in [-0.39, 0.29) is 23.2 Å². The van der Waals surface area contributed by atoms with E-state index in [1.807, 2.05) is 19.9 Å². The summed E-state index contributed by atoms with van der Waals surface area (Å²) in [4.78, 5) is 36.8. The van der Waals surface area contributed by atoms with Crippen LogP contribution in [0, 0.1) is 40.4 Å². The first-order chi connectivity index (χ1) is 20.0. The van der Waals surface area contributed by atoms with Crippen molar-refractivity contribution in [1.82, 2.24) is 0 Å². The van der Waals surface area contributed by atoms with Gasteiger partial charge in [-0.2, -0.15) is 0 Å². The van der Waals surface area contributed by atoms with Crippen molar-refractivity contribution in [2.45, 2.75) is 137 Å². The third kappa shape index (κ3) is 5.83. The van der Waals surface area contributed by atoms with Crippen LogP contribution in [0.4, 0.5) is 0 Å². The highest BCUT2D eigenvalue weighted by molar-refractivity contribution is 5.68. The fourth-order valence-corrected chi connectivity index (χ4v) is 9.79. The first-order valence-corrected chi connectivity index (χ1v) is 16.3. The largest absolute Gasteiger partial charge is 0.459 e. The summed E-state index contributed by atoms with van der Waals surface area (Å²) in [6.07, 6.45) is 6.01. The minimum Gasteiger partial charge on any atom is -0.459 e. The molecule has 0 aromatic heterocycles. The molecule has 4 aliphatic carbocycles. The van der Waals surface area contributed by atoms with Crippen LogP contribution in [0.25, 0.3) is 0 Å². The number of esters is 3. The smallest absolute Gasteiger partial charge is 0.303 e. The monoisotopic (exact) mass is 602 g/mol. The van der Waals surface area contributed by atoms with Crippen molar-refractivity contribution >= 4 is 17.9 Å². The summed E-state index contributed by atoms with van der Waals surface area (Å²) >= 11 is 0. The van der Waals surface area contributed by atoms with Crippen LogP contribution in [0.3, 0.4) is 0 Å². The van der Waals surface area contributed by atoms with Crippen molar-refractivity contribution in [2.24, 2.45) is 40.4 Å². The van der Waals surface area contributed by atoms with Crippen LogP contribution in [0.15, 0.2) is 23.3 Å². The van der Waals surface area contributed by atoms with E-state index in [9.17, 15) is 24.6 Å². The van der Waals surface area contributed by atoms with Gasteiger partial charge in [-0.05, 0) is 92.6 Å². The molecule has 0 amide bonds. The molecule has 242 valence electrons. The minimum absolute atomic E-state index is 0.0615. The lowest BCUT2D eigenvalue weighted by molar-refractivity contribution is -0.231. The Balaban J connectivity index is 1.74. The van der Waals surface area contributed by atoms with Crippen LogP contribution in [-0.2, 0) is 28.6 Å². The van der Waals surface area contributed by atoms with E-state index in [2.05, 4.69) is 33.8 Å². The van der Waals surface area contributed by atoms with E-state index in [4.69, 9.17) is 14.2 Å². The van der Waals surface area contributed by atoms with Gasteiger partial charge in [0, 0.05) is 32.1 Å². The summed E-state index contributed by atoms with van der Waals surface area (Å²) in [6, 6.07) is 0. The number of allylic oxidation sites excluding steroid dienone is 1. The van der Waals surface area contributed by atoms with Gasteiger partial charge in [0.1, 0.15) is 18.3 Å². The van der Waals surface area contributed by atoms with Gasteiger partial charge < -0.3 is 24.4 Å². The molecule has 11 atom stereocenters. The lowest BCUT2D eigenvalue weighted by Gasteiger charge is -2.64. The number of fused-ring (bicyclic) bond motifs is 5. The Morgan fingerprint density at radius 3 is 2.14 bits per heavy atom. The Labute approximate surface area is 257 Å². The molecule has 43 heavy (non-hydrogen) atoms. The SMILES string of the molecule is C/C=C(\CC(O)C(C)C1CCC2C3=CC(OC(C)=O)C4[C@@H](OC(C)=O)[C@@H](OC(C)=O)CC[C@]4(C)C3(O)CC[C@@]21C)C(C)C. The van der Waals surface area contributed by atoms with Crippen LogP contribution in [-0.4, -0.2) is 58.1 Å². The lowest BCUT2D eigenvalue weighted by Crippen LogP contribution is -2.68. The maximum atomic E-state index is 12.8. The second-order valence-corrected chi connectivity index (χ2v) is 14.7. The minimum atomic E-state index is -1.20. The topological polar surface area (TPSA) is 119 Å². The predicted octanol–water partition coefficient (Wildman–Crippen LogP) is 5.68. The number of carbonyl (C=O) groups excluding carboxylic acids is 3. The standard InChI is InChI=1S/C35H54O8/c1-10-24(19(2)3)17-28(39)20(4)25-11-12-26-27-18-30(42-22(6)37)31-32(43-23(7)38)29(41-21(5)36)13-14-34(31,9)35(27,40)16-15-33(25,26)8/h10,18-20,25-26,28-32,39-40H,11-17H2,1-9H3/b24-10+/t20?,25?,26?,28?,29-,30?,31?,32-,33+,34-,35?/m0/s1. The van der Waals surface area contributed by atoms with E-state index in [0.29, 0.717) is 31.6 Å². The molecule has 0 heterocycles. The maximum Gasteiger partial charge on any atom is 0.303 e. The zero-order chi connectivity index (χ0) is 32.1. The first kappa shape index (κ1) is 33.7. The molecule has 0 aromatic rings. The number of hydrogen-bond acceptors (Lipinski definition) is 8. The second kappa shape index (κ2) is 12.3. The third-order valence-electron chi connectivity index (χ3n) is 12.1. The van der Waals surface area contributed by atoms with Crippen molar-refractivity contribution in [3.8, 4) is 0 Å². The number of ether oxygens (including phenoxy) is 3. The Morgan fingerprint density at radius 2 is 1.58 bits per heavy atom. The summed E-state index contributed by atoms with van der Waals surface area (Å²) in [6.45, 7) is 16.9. The maximum absolute atomic E-state index is 12.8. The molecule has 0 aromatic carbocycles. The molecule has 4 aliphatic rings. The fraction of sp³-hybridized carbons (Fsp3) is 0.800. The van der Waals surface area contributed by atoms with Crippen molar-refractivity contribution in [3.63, 3.8) is 0 Å². The first-order valence-electron chi connectivity index (χ1n) is 16.3. The zero-order valence-electron chi connectivity index (χ0n) is 27.6. The highest BCUT2D eigenvalue weighted by Gasteiger charge is 2.69. The van der Waals surface area contributed by atoms with Crippen LogP contribution in [0.2, 0.25) is 0 Å². The van der Waals surface area contributed by atoms with Crippen molar-refractivity contribution in [2.75, 3.05) is 0 Å². The van der Waals surface area contributed by atoms with Gasteiger partial charge in [-0.25, -0.2) is 0 Å². The fourth-order valence-electron chi connectivity index (χ4n) is 9.79. The van der Waals surface area contributed by atoms with Crippen LogP contribution < -0.4 is 0 Å². The van der Waals surface area contributed by atoms with Gasteiger partial charge in [0.15, 0.2) is 0 Å². The zero-order valence-corrected chi connectivity index (χ0v) is 27.6. The van der Waals surface area contributed by atoms with Gasteiger partial charge in [-0.3, -0.25) is 14.4 Å². The Morgan fingerprint density at radius 1 is 0.953 bits per heavy atom. The summed E-state index contributed by atoms with van der Waals surface area (Å²) in [5, 5.41) is 24.2. The second-order valence-electron chi connectivity index (χ2n) is 14.7. The predicted molar refractivity (Wildman–Crippen MR) is 162 cm³/mol. The van der Waals surface area contributed by atoms with Gasteiger partial charge in [0.25, 0.3) is 0 Å². The highest BCUT2D eigenvalue weighted by atomic mass is 16.6. The normalized spacial score (nSPS) is 40.4. The molecular weight excluding hydrogens is 548 g/mol. The van der Waals surface area contributed by atoms with Crippen molar-refractivity contribution in [3.05, 3.63) is 23.3 Å². The van der Waals surface area contributed by atoms with Gasteiger partial charge in [-0.1, -0.05) is 46.3 Å². The molecule has 0 spiro atoms. The average Bonchev–Trinajstić information content (AvgIpc) is 3.25. The van der Waals surface area contributed by atoms with E-state index in [0.717, 1.165) is 24.8 Å². The number of aliphatic hydroxyl groups excluding tert-OH is 1. The van der Waals surface area contributed by atoms with E-state index >= 15 is 0 Å². The van der Waals surface area contributed by atoms with Crippen molar-refractivity contribution in [1.29, 1.82) is 0 Å². The molecule has 0 bridgehead atoms. The summed E-state index contributed by atoms with van der Waals surface area (Å²) in [5.41, 5.74) is 0.0445. The molecular formula is C35H54O8. The quantitative estimate of drug-likeness (QED) is 0.207. The van der Waals surface area contributed by atoms with Gasteiger partial charge in [-0.15, -0.1) is 0 Å². The Kier molecular flexibility index (Phi) is 9.64. The molecule has 0 aliphatic heterocycles. The molecule has 3 saturated carbocycles. The molecule has 8 nitrogen and oxygen atoms in total. The Bertz CT molecular complexity index is 1160. The molecule has 2 N–H and O–H groups in total. The molecule has 0 radical (unpaired) electrons. The lowest BCUT2D eigenvalue weighted by atomic mass is 9.44. The van der Waals surface area contributed by atoms with E-state index < -0.39 is 59.3 Å². The summed E-state index contributed by atoms with van der Waals surface area (Å²) < 4.78 is 17.4. The molecule has 7 unspecified atom stereocenters. The Hall–Kier alpha value is -2.19.